The zero-order chi connectivity index (χ0) is 10.9. The summed E-state index contributed by atoms with van der Waals surface area (Å²) in [6.07, 6.45) is 0.786. The second kappa shape index (κ2) is 4.20. The maximum absolute atomic E-state index is 9.76. The molecule has 0 saturated carbocycles. The van der Waals surface area contributed by atoms with Gasteiger partial charge in [-0.25, -0.2) is 0 Å². The maximum atomic E-state index is 9.76. The zero-order valence-corrected chi connectivity index (χ0v) is 9.52. The highest BCUT2D eigenvalue weighted by Crippen LogP contribution is 2.34. The molecule has 3 N–H and O–H groups in total. The van der Waals surface area contributed by atoms with Gasteiger partial charge in [0.2, 0.25) is 0 Å². The van der Waals surface area contributed by atoms with Crippen molar-refractivity contribution in [3.63, 3.8) is 0 Å². The first-order valence-electron chi connectivity index (χ1n) is 4.73. The van der Waals surface area contributed by atoms with Gasteiger partial charge in [0.25, 0.3) is 0 Å². The van der Waals surface area contributed by atoms with Crippen molar-refractivity contribution < 1.29 is 5.11 Å². The minimum absolute atomic E-state index is 0.145. The van der Waals surface area contributed by atoms with Gasteiger partial charge in [-0.05, 0) is 37.5 Å². The Morgan fingerprint density at radius 1 is 1.50 bits per heavy atom. The molecule has 1 unspecified atom stereocenters. The van der Waals surface area contributed by atoms with Crippen molar-refractivity contribution in [1.82, 2.24) is 0 Å². The molecule has 0 saturated heterocycles. The monoisotopic (exact) mass is 213 g/mol. The fourth-order valence-corrected chi connectivity index (χ4v) is 1.78. The van der Waals surface area contributed by atoms with Gasteiger partial charge < -0.3 is 10.8 Å². The number of aryl methyl sites for hydroxylation is 1. The molecule has 1 aromatic carbocycles. The largest absolute Gasteiger partial charge is 0.508 e. The molecule has 0 spiro atoms. The van der Waals surface area contributed by atoms with Crippen LogP contribution >= 0.6 is 11.6 Å². The molecule has 0 bridgehead atoms. The van der Waals surface area contributed by atoms with E-state index >= 15 is 0 Å². The molecule has 1 atom stereocenters. The molecule has 0 radical (unpaired) electrons. The van der Waals surface area contributed by atoms with Gasteiger partial charge in [-0.1, -0.05) is 18.5 Å². The molecule has 2 nitrogen and oxygen atoms in total. The van der Waals surface area contributed by atoms with Gasteiger partial charge in [0.05, 0.1) is 0 Å². The first-order chi connectivity index (χ1) is 6.49. The van der Waals surface area contributed by atoms with Crippen LogP contribution in [-0.4, -0.2) is 5.11 Å². The lowest BCUT2D eigenvalue weighted by Gasteiger charge is -2.17. The summed E-state index contributed by atoms with van der Waals surface area (Å²) in [7, 11) is 0. The predicted molar refractivity (Wildman–Crippen MR) is 59.8 cm³/mol. The molecule has 0 aliphatic rings. The maximum Gasteiger partial charge on any atom is 0.120 e. The Morgan fingerprint density at radius 3 is 2.57 bits per heavy atom. The third-order valence-electron chi connectivity index (χ3n) is 2.52. The van der Waals surface area contributed by atoms with Crippen LogP contribution in [0, 0.1) is 13.8 Å². The minimum Gasteiger partial charge on any atom is -0.508 e. The second-order valence-corrected chi connectivity index (χ2v) is 3.96. The highest BCUT2D eigenvalue weighted by atomic mass is 35.5. The van der Waals surface area contributed by atoms with Crippen LogP contribution in [-0.2, 0) is 0 Å². The Hall–Kier alpha value is -0.730. The molecular formula is C11H16ClNO. The molecule has 0 amide bonds. The quantitative estimate of drug-likeness (QED) is 0.793. The van der Waals surface area contributed by atoms with Crippen LogP contribution < -0.4 is 5.73 Å². The number of aromatic hydroxyl groups is 1. The average Bonchev–Trinajstić information content (AvgIpc) is 2.14. The number of benzene rings is 1. The summed E-state index contributed by atoms with van der Waals surface area (Å²) in [6, 6.07) is 1.52. The lowest BCUT2D eigenvalue weighted by Crippen LogP contribution is -2.11. The van der Waals surface area contributed by atoms with Crippen molar-refractivity contribution in [2.24, 2.45) is 5.73 Å². The molecular weight excluding hydrogens is 198 g/mol. The lowest BCUT2D eigenvalue weighted by molar-refractivity contribution is 0.459. The first kappa shape index (κ1) is 11.3. The third-order valence-corrected chi connectivity index (χ3v) is 3.10. The predicted octanol–water partition coefficient (Wildman–Crippen LogP) is 3.07. The molecule has 0 aliphatic heterocycles. The van der Waals surface area contributed by atoms with E-state index in [0.29, 0.717) is 5.02 Å². The van der Waals surface area contributed by atoms with Gasteiger partial charge >= 0.3 is 0 Å². The summed E-state index contributed by atoms with van der Waals surface area (Å²) in [5.41, 5.74) is 8.43. The smallest absolute Gasteiger partial charge is 0.120 e. The van der Waals surface area contributed by atoms with E-state index in [1.165, 1.54) is 0 Å². The molecule has 3 heteroatoms. The number of hydrogen-bond acceptors (Lipinski definition) is 2. The Morgan fingerprint density at radius 2 is 2.07 bits per heavy atom. The zero-order valence-electron chi connectivity index (χ0n) is 8.76. The van der Waals surface area contributed by atoms with Crippen molar-refractivity contribution in [2.75, 3.05) is 0 Å². The van der Waals surface area contributed by atoms with Crippen LogP contribution in [0.1, 0.15) is 36.1 Å². The Kier molecular flexibility index (Phi) is 3.40. The first-order valence-corrected chi connectivity index (χ1v) is 5.11. The highest BCUT2D eigenvalue weighted by Gasteiger charge is 2.15. The van der Waals surface area contributed by atoms with E-state index in [-0.39, 0.29) is 11.8 Å². The second-order valence-electron chi connectivity index (χ2n) is 3.58. The van der Waals surface area contributed by atoms with Gasteiger partial charge in [0.15, 0.2) is 0 Å². The van der Waals surface area contributed by atoms with Crippen molar-refractivity contribution in [3.05, 3.63) is 27.8 Å². The standard InChI is InChI=1S/C11H16ClNO/c1-4-8(13)10-7(3)11(12)6(2)5-9(10)14/h5,8,14H,4,13H2,1-3H3. The van der Waals surface area contributed by atoms with Crippen molar-refractivity contribution in [1.29, 1.82) is 0 Å². The molecule has 0 heterocycles. The Balaban J connectivity index is 3.36. The van der Waals surface area contributed by atoms with Crippen LogP contribution in [0.3, 0.4) is 0 Å². The Labute approximate surface area is 89.7 Å². The van der Waals surface area contributed by atoms with Crippen molar-refractivity contribution in [2.45, 2.75) is 33.2 Å². The summed E-state index contributed by atoms with van der Waals surface area (Å²) in [4.78, 5) is 0. The minimum atomic E-state index is -0.145. The molecule has 1 aromatic rings. The van der Waals surface area contributed by atoms with Gasteiger partial charge in [0.1, 0.15) is 5.75 Å². The van der Waals surface area contributed by atoms with E-state index < -0.39 is 0 Å². The summed E-state index contributed by atoms with van der Waals surface area (Å²) in [5, 5.41) is 10.5. The van der Waals surface area contributed by atoms with Gasteiger partial charge in [-0.2, -0.15) is 0 Å². The summed E-state index contributed by atoms with van der Waals surface area (Å²) in [6.45, 7) is 5.74. The number of nitrogens with two attached hydrogens (primary N) is 1. The fourth-order valence-electron chi connectivity index (χ4n) is 1.62. The third kappa shape index (κ3) is 1.86. The SMILES string of the molecule is CCC(N)c1c(O)cc(C)c(Cl)c1C. The Bertz CT molecular complexity index is 350. The highest BCUT2D eigenvalue weighted by molar-refractivity contribution is 6.32. The van der Waals surface area contributed by atoms with Crippen LogP contribution in [0.4, 0.5) is 0 Å². The van der Waals surface area contributed by atoms with Crippen LogP contribution in [0.2, 0.25) is 5.02 Å². The summed E-state index contributed by atoms with van der Waals surface area (Å²) < 4.78 is 0. The summed E-state index contributed by atoms with van der Waals surface area (Å²) >= 11 is 6.09. The molecule has 1 rings (SSSR count). The lowest BCUT2D eigenvalue weighted by atomic mass is 9.97. The van der Waals surface area contributed by atoms with Gasteiger partial charge in [0, 0.05) is 16.6 Å². The van der Waals surface area contributed by atoms with Gasteiger partial charge in [-0.15, -0.1) is 0 Å². The number of phenols is 1. The van der Waals surface area contributed by atoms with Crippen LogP contribution in [0.15, 0.2) is 6.07 Å². The molecule has 14 heavy (non-hydrogen) atoms. The number of phenolic OH excluding ortho intramolecular Hbond substituents is 1. The van der Waals surface area contributed by atoms with Crippen LogP contribution in [0.25, 0.3) is 0 Å². The van der Waals surface area contributed by atoms with E-state index in [2.05, 4.69) is 0 Å². The van der Waals surface area contributed by atoms with E-state index in [0.717, 1.165) is 23.1 Å². The van der Waals surface area contributed by atoms with E-state index in [4.69, 9.17) is 17.3 Å². The number of halogens is 1. The average molecular weight is 214 g/mol. The van der Waals surface area contributed by atoms with E-state index in [1.807, 2.05) is 20.8 Å². The van der Waals surface area contributed by atoms with E-state index in [9.17, 15) is 5.11 Å². The van der Waals surface area contributed by atoms with E-state index in [1.54, 1.807) is 6.07 Å². The number of hydrogen-bond donors (Lipinski definition) is 2. The summed E-state index contributed by atoms with van der Waals surface area (Å²) in [5.74, 6) is 0.249. The molecule has 0 fully saturated rings. The normalized spacial score (nSPS) is 12.9. The van der Waals surface area contributed by atoms with Crippen LogP contribution in [0.5, 0.6) is 5.75 Å². The van der Waals surface area contributed by atoms with Crippen molar-refractivity contribution in [3.8, 4) is 5.75 Å². The fraction of sp³-hybridized carbons (Fsp3) is 0.455. The van der Waals surface area contributed by atoms with Gasteiger partial charge in [-0.3, -0.25) is 0 Å². The molecule has 0 aromatic heterocycles. The van der Waals surface area contributed by atoms with Crippen molar-refractivity contribution >= 4 is 11.6 Å². The topological polar surface area (TPSA) is 46.2 Å². The molecule has 78 valence electrons. The molecule has 0 aliphatic carbocycles. The number of rotatable bonds is 2.